The lowest BCUT2D eigenvalue weighted by atomic mass is 9.93. The average Bonchev–Trinajstić information content (AvgIpc) is 2.39. The number of nitrogens with two attached hydrogens (primary N) is 1. The van der Waals surface area contributed by atoms with Crippen LogP contribution in [0.2, 0.25) is 0 Å². The second-order valence-corrected chi connectivity index (χ2v) is 6.64. The SMILES string of the molecule is CC(C)CN1CCC(N2CCC(CN)CC2)CC1. The Labute approximate surface area is 113 Å². The van der Waals surface area contributed by atoms with Crippen LogP contribution in [0.3, 0.4) is 0 Å². The highest BCUT2D eigenvalue weighted by molar-refractivity contribution is 4.83. The van der Waals surface area contributed by atoms with Gasteiger partial charge >= 0.3 is 0 Å². The quantitative estimate of drug-likeness (QED) is 0.829. The van der Waals surface area contributed by atoms with Crippen molar-refractivity contribution in [2.24, 2.45) is 17.6 Å². The van der Waals surface area contributed by atoms with Gasteiger partial charge in [0.2, 0.25) is 0 Å². The molecular weight excluding hydrogens is 222 g/mol. The molecule has 3 nitrogen and oxygen atoms in total. The molecule has 0 bridgehead atoms. The van der Waals surface area contributed by atoms with Gasteiger partial charge in [0, 0.05) is 12.6 Å². The normalized spacial score (nSPS) is 26.0. The maximum Gasteiger partial charge on any atom is 0.0120 e. The van der Waals surface area contributed by atoms with E-state index >= 15 is 0 Å². The van der Waals surface area contributed by atoms with Gasteiger partial charge in [-0.15, -0.1) is 0 Å². The summed E-state index contributed by atoms with van der Waals surface area (Å²) in [5, 5.41) is 0. The maximum absolute atomic E-state index is 5.77. The van der Waals surface area contributed by atoms with Gasteiger partial charge in [0.05, 0.1) is 0 Å². The summed E-state index contributed by atoms with van der Waals surface area (Å²) in [6, 6.07) is 0.854. The van der Waals surface area contributed by atoms with Crippen LogP contribution in [0.5, 0.6) is 0 Å². The second kappa shape index (κ2) is 6.88. The molecule has 2 aliphatic heterocycles. The van der Waals surface area contributed by atoms with Crippen molar-refractivity contribution in [1.29, 1.82) is 0 Å². The molecule has 0 aromatic rings. The van der Waals surface area contributed by atoms with Crippen molar-refractivity contribution >= 4 is 0 Å². The fourth-order valence-electron chi connectivity index (χ4n) is 3.54. The van der Waals surface area contributed by atoms with E-state index in [-0.39, 0.29) is 0 Å². The minimum atomic E-state index is 0.794. The molecule has 0 saturated carbocycles. The van der Waals surface area contributed by atoms with E-state index in [1.54, 1.807) is 0 Å². The Kier molecular flexibility index (Phi) is 5.46. The van der Waals surface area contributed by atoms with Gasteiger partial charge in [0.1, 0.15) is 0 Å². The number of likely N-dealkylation sites (tertiary alicyclic amines) is 2. The molecule has 3 heteroatoms. The lowest BCUT2D eigenvalue weighted by molar-refractivity contribution is 0.0750. The summed E-state index contributed by atoms with van der Waals surface area (Å²) < 4.78 is 0. The molecule has 0 aromatic carbocycles. The zero-order chi connectivity index (χ0) is 13.0. The van der Waals surface area contributed by atoms with Crippen LogP contribution in [0.25, 0.3) is 0 Å². The second-order valence-electron chi connectivity index (χ2n) is 6.64. The first-order valence-electron chi connectivity index (χ1n) is 7.85. The standard InChI is InChI=1S/C15H31N3/c1-13(2)12-17-7-5-15(6-8-17)18-9-3-14(11-16)4-10-18/h13-15H,3-12,16H2,1-2H3. The predicted molar refractivity (Wildman–Crippen MR) is 77.7 cm³/mol. The topological polar surface area (TPSA) is 32.5 Å². The zero-order valence-corrected chi connectivity index (χ0v) is 12.3. The van der Waals surface area contributed by atoms with E-state index in [0.717, 1.165) is 24.4 Å². The summed E-state index contributed by atoms with van der Waals surface area (Å²) >= 11 is 0. The highest BCUT2D eigenvalue weighted by Crippen LogP contribution is 2.23. The van der Waals surface area contributed by atoms with Crippen molar-refractivity contribution in [3.05, 3.63) is 0 Å². The van der Waals surface area contributed by atoms with Gasteiger partial charge < -0.3 is 15.5 Å². The minimum absolute atomic E-state index is 0.794. The van der Waals surface area contributed by atoms with Crippen LogP contribution in [0.1, 0.15) is 39.5 Å². The van der Waals surface area contributed by atoms with E-state index < -0.39 is 0 Å². The smallest absolute Gasteiger partial charge is 0.0120 e. The van der Waals surface area contributed by atoms with Crippen LogP contribution >= 0.6 is 0 Å². The summed E-state index contributed by atoms with van der Waals surface area (Å²) in [6.07, 6.45) is 5.39. The Balaban J connectivity index is 1.70. The minimum Gasteiger partial charge on any atom is -0.330 e. The molecular formula is C15H31N3. The van der Waals surface area contributed by atoms with Gasteiger partial charge in [-0.1, -0.05) is 13.8 Å². The summed E-state index contributed by atoms with van der Waals surface area (Å²) in [5.41, 5.74) is 5.77. The van der Waals surface area contributed by atoms with Crippen molar-refractivity contribution in [3.63, 3.8) is 0 Å². The predicted octanol–water partition coefficient (Wildman–Crippen LogP) is 1.78. The molecule has 0 radical (unpaired) electrons. The van der Waals surface area contributed by atoms with Gasteiger partial charge in [-0.25, -0.2) is 0 Å². The maximum atomic E-state index is 5.77. The number of hydrogen-bond acceptors (Lipinski definition) is 3. The fraction of sp³-hybridized carbons (Fsp3) is 1.00. The highest BCUT2D eigenvalue weighted by atomic mass is 15.2. The van der Waals surface area contributed by atoms with E-state index in [9.17, 15) is 0 Å². The Bertz CT molecular complexity index is 226. The number of piperidine rings is 2. The van der Waals surface area contributed by atoms with E-state index in [1.807, 2.05) is 0 Å². The third kappa shape index (κ3) is 3.94. The first kappa shape index (κ1) is 14.3. The molecule has 0 aliphatic carbocycles. The fourth-order valence-corrected chi connectivity index (χ4v) is 3.54. The molecule has 2 aliphatic rings. The molecule has 106 valence electrons. The lowest BCUT2D eigenvalue weighted by Gasteiger charge is -2.42. The van der Waals surface area contributed by atoms with Gasteiger partial charge in [-0.05, 0) is 70.2 Å². The number of nitrogens with zero attached hydrogens (tertiary/aromatic N) is 2. The van der Waals surface area contributed by atoms with Crippen LogP contribution in [-0.2, 0) is 0 Å². The largest absolute Gasteiger partial charge is 0.330 e. The molecule has 2 N–H and O–H groups in total. The van der Waals surface area contributed by atoms with Crippen LogP contribution in [0.15, 0.2) is 0 Å². The molecule has 2 rings (SSSR count). The third-order valence-corrected chi connectivity index (χ3v) is 4.68. The molecule has 0 amide bonds. The molecule has 2 saturated heterocycles. The Morgan fingerprint density at radius 2 is 1.61 bits per heavy atom. The van der Waals surface area contributed by atoms with E-state index in [2.05, 4.69) is 23.6 Å². The van der Waals surface area contributed by atoms with Crippen LogP contribution in [0.4, 0.5) is 0 Å². The average molecular weight is 253 g/mol. The van der Waals surface area contributed by atoms with Crippen LogP contribution in [-0.4, -0.2) is 55.1 Å². The first-order chi connectivity index (χ1) is 8.69. The van der Waals surface area contributed by atoms with Crippen molar-refractivity contribution in [3.8, 4) is 0 Å². The molecule has 2 heterocycles. The van der Waals surface area contributed by atoms with E-state index in [4.69, 9.17) is 5.73 Å². The van der Waals surface area contributed by atoms with E-state index in [1.165, 1.54) is 58.4 Å². The van der Waals surface area contributed by atoms with Crippen molar-refractivity contribution in [1.82, 2.24) is 9.80 Å². The summed E-state index contributed by atoms with van der Waals surface area (Å²) in [4.78, 5) is 5.38. The first-order valence-corrected chi connectivity index (χ1v) is 7.85. The van der Waals surface area contributed by atoms with E-state index in [0.29, 0.717) is 0 Å². The zero-order valence-electron chi connectivity index (χ0n) is 12.3. The summed E-state index contributed by atoms with van der Waals surface area (Å²) in [7, 11) is 0. The lowest BCUT2D eigenvalue weighted by Crippen LogP contribution is -2.48. The number of rotatable bonds is 4. The highest BCUT2D eigenvalue weighted by Gasteiger charge is 2.27. The molecule has 18 heavy (non-hydrogen) atoms. The van der Waals surface area contributed by atoms with Crippen LogP contribution in [0, 0.1) is 11.8 Å². The molecule has 2 fully saturated rings. The Morgan fingerprint density at radius 3 is 2.11 bits per heavy atom. The summed E-state index contributed by atoms with van der Waals surface area (Å²) in [6.45, 7) is 12.0. The summed E-state index contributed by atoms with van der Waals surface area (Å²) in [5.74, 6) is 1.60. The van der Waals surface area contributed by atoms with Crippen molar-refractivity contribution < 1.29 is 0 Å². The molecule has 0 spiro atoms. The Hall–Kier alpha value is -0.120. The molecule has 0 unspecified atom stereocenters. The van der Waals surface area contributed by atoms with Crippen molar-refractivity contribution in [2.75, 3.05) is 39.3 Å². The Morgan fingerprint density at radius 1 is 1.00 bits per heavy atom. The van der Waals surface area contributed by atoms with Crippen molar-refractivity contribution in [2.45, 2.75) is 45.6 Å². The number of hydrogen-bond donors (Lipinski definition) is 1. The van der Waals surface area contributed by atoms with Gasteiger partial charge in [-0.2, -0.15) is 0 Å². The van der Waals surface area contributed by atoms with Crippen LogP contribution < -0.4 is 5.73 Å². The van der Waals surface area contributed by atoms with Gasteiger partial charge in [-0.3, -0.25) is 0 Å². The third-order valence-electron chi connectivity index (χ3n) is 4.68. The monoisotopic (exact) mass is 253 g/mol. The van der Waals surface area contributed by atoms with Gasteiger partial charge in [0.25, 0.3) is 0 Å². The van der Waals surface area contributed by atoms with Gasteiger partial charge in [0.15, 0.2) is 0 Å². The molecule has 0 aromatic heterocycles. The molecule has 0 atom stereocenters.